The van der Waals surface area contributed by atoms with Gasteiger partial charge in [-0.3, -0.25) is 0 Å². The van der Waals surface area contributed by atoms with Crippen molar-refractivity contribution >= 4 is 21.7 Å². The van der Waals surface area contributed by atoms with Gasteiger partial charge in [0.15, 0.2) is 0 Å². The van der Waals surface area contributed by atoms with E-state index in [9.17, 15) is 21.6 Å². The van der Waals surface area contributed by atoms with E-state index < -0.39 is 15.5 Å². The van der Waals surface area contributed by atoms with E-state index in [0.29, 0.717) is 5.69 Å². The van der Waals surface area contributed by atoms with Crippen LogP contribution in [0.1, 0.15) is 5.56 Å². The molecule has 1 aromatic carbocycles. The molecular weight excluding hydrogens is 335 g/mol. The standard InChI is InChI=1S/C13H16F3N3O3S/c1-10-2-4-11(5-3-10)17-12(19-6-8-22-9-7-19)18-23(20,21)13(14,15)16/h2-5H,6-9H2,1H3,(H,17,18). The molecule has 1 saturated heterocycles. The first-order valence-corrected chi connectivity index (χ1v) is 8.21. The minimum atomic E-state index is -5.63. The number of ether oxygens (including phenoxy) is 1. The smallest absolute Gasteiger partial charge is 0.378 e. The second-order valence-corrected chi connectivity index (χ2v) is 6.52. The Morgan fingerprint density at radius 1 is 1.22 bits per heavy atom. The highest BCUT2D eigenvalue weighted by Gasteiger charge is 2.46. The monoisotopic (exact) mass is 351 g/mol. The molecule has 6 nitrogen and oxygen atoms in total. The first-order valence-electron chi connectivity index (χ1n) is 6.77. The Morgan fingerprint density at radius 3 is 2.30 bits per heavy atom. The number of alkyl halides is 3. The third kappa shape index (κ3) is 4.58. The molecule has 0 bridgehead atoms. The lowest BCUT2D eigenvalue weighted by Gasteiger charge is -2.30. The first-order chi connectivity index (χ1) is 10.7. The van der Waals surface area contributed by atoms with Crippen LogP contribution >= 0.6 is 0 Å². The summed E-state index contributed by atoms with van der Waals surface area (Å²) < 4.78 is 68.5. The number of guanidine groups is 1. The maximum atomic E-state index is 12.6. The summed E-state index contributed by atoms with van der Waals surface area (Å²) in [5.74, 6) is -0.366. The number of rotatable bonds is 2. The summed E-state index contributed by atoms with van der Waals surface area (Å²) >= 11 is 0. The lowest BCUT2D eigenvalue weighted by molar-refractivity contribution is -0.0435. The van der Waals surface area contributed by atoms with Crippen molar-refractivity contribution in [2.24, 2.45) is 4.40 Å². The van der Waals surface area contributed by atoms with Gasteiger partial charge in [0.2, 0.25) is 5.96 Å². The minimum absolute atomic E-state index is 0.241. The highest BCUT2D eigenvalue weighted by molar-refractivity contribution is 7.91. The molecule has 0 aliphatic carbocycles. The van der Waals surface area contributed by atoms with Gasteiger partial charge in [0.25, 0.3) is 0 Å². The number of sulfonamides is 1. The van der Waals surface area contributed by atoms with Crippen molar-refractivity contribution in [3.8, 4) is 0 Å². The van der Waals surface area contributed by atoms with Crippen LogP contribution in [0.15, 0.2) is 28.7 Å². The Bertz CT molecular complexity index is 666. The van der Waals surface area contributed by atoms with Crippen molar-refractivity contribution in [1.29, 1.82) is 0 Å². The molecule has 1 aliphatic rings. The largest absolute Gasteiger partial charge is 0.518 e. The number of aryl methyl sites for hydroxylation is 1. The van der Waals surface area contributed by atoms with Gasteiger partial charge in [0.05, 0.1) is 13.2 Å². The number of halogens is 3. The number of benzene rings is 1. The van der Waals surface area contributed by atoms with Crippen LogP contribution < -0.4 is 5.32 Å². The van der Waals surface area contributed by atoms with Gasteiger partial charge in [-0.05, 0) is 19.1 Å². The van der Waals surface area contributed by atoms with Gasteiger partial charge in [-0.25, -0.2) is 0 Å². The Balaban J connectivity index is 2.33. The van der Waals surface area contributed by atoms with Crippen LogP contribution in [-0.4, -0.2) is 51.1 Å². The number of nitrogens with zero attached hydrogens (tertiary/aromatic N) is 2. The van der Waals surface area contributed by atoms with Crippen LogP contribution in [0.4, 0.5) is 18.9 Å². The second-order valence-electron chi connectivity index (χ2n) is 4.93. The van der Waals surface area contributed by atoms with Crippen molar-refractivity contribution in [2.75, 3.05) is 31.6 Å². The zero-order valence-electron chi connectivity index (χ0n) is 12.3. The van der Waals surface area contributed by atoms with E-state index in [2.05, 4.69) is 9.71 Å². The molecule has 0 atom stereocenters. The van der Waals surface area contributed by atoms with Gasteiger partial charge in [-0.15, -0.1) is 4.40 Å². The molecule has 10 heteroatoms. The average molecular weight is 351 g/mol. The van der Waals surface area contributed by atoms with Crippen LogP contribution in [-0.2, 0) is 14.8 Å². The van der Waals surface area contributed by atoms with Crippen molar-refractivity contribution in [1.82, 2.24) is 4.90 Å². The fourth-order valence-corrected chi connectivity index (χ4v) is 2.36. The predicted octanol–water partition coefficient (Wildman–Crippen LogP) is 1.94. The molecule has 0 aromatic heterocycles. The van der Waals surface area contributed by atoms with Crippen molar-refractivity contribution < 1.29 is 26.3 Å². The van der Waals surface area contributed by atoms with E-state index in [1.54, 1.807) is 24.3 Å². The van der Waals surface area contributed by atoms with E-state index in [0.717, 1.165) is 5.56 Å². The SMILES string of the molecule is Cc1ccc(NC(=NS(=O)(=O)C(F)(F)F)N2CCOCC2)cc1. The lowest BCUT2D eigenvalue weighted by Crippen LogP contribution is -2.45. The molecule has 2 rings (SSSR count). The molecule has 0 radical (unpaired) electrons. The van der Waals surface area contributed by atoms with Gasteiger partial charge >= 0.3 is 15.5 Å². The maximum absolute atomic E-state index is 12.6. The molecule has 0 spiro atoms. The Labute approximate surface area is 132 Å². The van der Waals surface area contributed by atoms with Crippen LogP contribution in [0.25, 0.3) is 0 Å². The van der Waals surface area contributed by atoms with Gasteiger partial charge in [0.1, 0.15) is 0 Å². The zero-order valence-corrected chi connectivity index (χ0v) is 13.1. The van der Waals surface area contributed by atoms with Crippen molar-refractivity contribution in [3.63, 3.8) is 0 Å². The normalized spacial score (nSPS) is 17.2. The molecule has 1 N–H and O–H groups in total. The summed E-state index contributed by atoms with van der Waals surface area (Å²) in [6.45, 7) is 2.90. The molecule has 0 unspecified atom stereocenters. The minimum Gasteiger partial charge on any atom is -0.378 e. The van der Waals surface area contributed by atoms with E-state index in [1.165, 1.54) is 4.90 Å². The third-order valence-electron chi connectivity index (χ3n) is 3.12. The summed E-state index contributed by atoms with van der Waals surface area (Å²) in [5.41, 5.74) is -4.04. The highest BCUT2D eigenvalue weighted by Crippen LogP contribution is 2.25. The quantitative estimate of drug-likeness (QED) is 0.651. The number of nitrogens with one attached hydrogen (secondary N) is 1. The average Bonchev–Trinajstić information content (AvgIpc) is 2.48. The molecule has 0 saturated carbocycles. The predicted molar refractivity (Wildman–Crippen MR) is 79.6 cm³/mol. The Kier molecular flexibility index (Phi) is 5.15. The molecule has 1 aromatic rings. The number of morpholine rings is 1. The van der Waals surface area contributed by atoms with Crippen molar-refractivity contribution in [2.45, 2.75) is 12.4 Å². The fourth-order valence-electron chi connectivity index (χ4n) is 1.87. The molecular formula is C13H16F3N3O3S. The zero-order chi connectivity index (χ0) is 17.1. The van der Waals surface area contributed by atoms with Crippen LogP contribution in [0.2, 0.25) is 0 Å². The second kappa shape index (κ2) is 6.75. The van der Waals surface area contributed by atoms with E-state index in [4.69, 9.17) is 4.74 Å². The summed E-state index contributed by atoms with van der Waals surface area (Å²) in [4.78, 5) is 1.41. The molecule has 1 heterocycles. The summed E-state index contributed by atoms with van der Waals surface area (Å²) in [5, 5.41) is 2.65. The fraction of sp³-hybridized carbons (Fsp3) is 0.462. The van der Waals surface area contributed by atoms with E-state index in [1.807, 2.05) is 6.92 Å². The maximum Gasteiger partial charge on any atom is 0.518 e. The molecule has 1 fully saturated rings. The highest BCUT2D eigenvalue weighted by atomic mass is 32.2. The molecule has 0 amide bonds. The number of hydrogen-bond acceptors (Lipinski definition) is 3. The van der Waals surface area contributed by atoms with Gasteiger partial charge in [-0.1, -0.05) is 17.7 Å². The van der Waals surface area contributed by atoms with Crippen LogP contribution in [0, 0.1) is 6.92 Å². The van der Waals surface area contributed by atoms with Gasteiger partial charge < -0.3 is 15.0 Å². The number of hydrogen-bond donors (Lipinski definition) is 1. The summed E-state index contributed by atoms with van der Waals surface area (Å²) in [6.07, 6.45) is 0. The number of anilines is 1. The lowest BCUT2D eigenvalue weighted by atomic mass is 10.2. The Hall–Kier alpha value is -1.81. The first kappa shape index (κ1) is 17.5. The Morgan fingerprint density at radius 2 is 1.78 bits per heavy atom. The summed E-state index contributed by atoms with van der Waals surface area (Å²) in [6, 6.07) is 6.76. The van der Waals surface area contributed by atoms with Crippen LogP contribution in [0.3, 0.4) is 0 Å². The molecule has 128 valence electrons. The molecule has 1 aliphatic heterocycles. The third-order valence-corrected chi connectivity index (χ3v) is 4.12. The van der Waals surface area contributed by atoms with Crippen molar-refractivity contribution in [3.05, 3.63) is 29.8 Å². The van der Waals surface area contributed by atoms with Gasteiger partial charge in [-0.2, -0.15) is 21.6 Å². The van der Waals surface area contributed by atoms with Gasteiger partial charge in [0, 0.05) is 18.8 Å². The summed E-state index contributed by atoms with van der Waals surface area (Å²) in [7, 11) is -5.63. The van der Waals surface area contributed by atoms with Crippen LogP contribution in [0.5, 0.6) is 0 Å². The van der Waals surface area contributed by atoms with E-state index >= 15 is 0 Å². The topological polar surface area (TPSA) is 71.0 Å². The van der Waals surface area contributed by atoms with E-state index in [-0.39, 0.29) is 32.3 Å². The molecule has 23 heavy (non-hydrogen) atoms.